The van der Waals surface area contributed by atoms with Crippen molar-refractivity contribution < 1.29 is 19.6 Å². The van der Waals surface area contributed by atoms with E-state index in [9.17, 15) is 14.4 Å². The monoisotopic (exact) mass is 285 g/mol. The fourth-order valence-corrected chi connectivity index (χ4v) is 0.955. The van der Waals surface area contributed by atoms with Crippen molar-refractivity contribution in [3.63, 3.8) is 0 Å². The molecule has 0 aromatic heterocycles. The molecule has 0 aliphatic rings. The lowest BCUT2D eigenvalue weighted by atomic mass is 10.7. The molecule has 0 rings (SSSR count). The van der Waals surface area contributed by atoms with Crippen LogP contribution in [0.2, 0.25) is 0 Å². The highest BCUT2D eigenvalue weighted by Crippen LogP contribution is 1.98. The Morgan fingerprint density at radius 1 is 1.18 bits per heavy atom. The summed E-state index contributed by atoms with van der Waals surface area (Å²) < 4.78 is 0. The predicted molar refractivity (Wildman–Crippen MR) is 71.1 cm³/mol. The number of nitrogens with two attached hydrogens (primary N) is 1. The summed E-state index contributed by atoms with van der Waals surface area (Å²) in [6.07, 6.45) is 0. The molecule has 7 nitrogen and oxygen atoms in total. The number of nitrogens with one attached hydrogen (secondary N) is 2. The second-order valence-electron chi connectivity index (χ2n) is 2.28. The van der Waals surface area contributed by atoms with E-state index in [-0.39, 0.29) is 28.4 Å². The van der Waals surface area contributed by atoms with Gasteiger partial charge < -0.3 is 15.8 Å². The van der Waals surface area contributed by atoms with Crippen molar-refractivity contribution in [2.75, 3.05) is 25.6 Å². The van der Waals surface area contributed by atoms with Crippen LogP contribution in [0.1, 0.15) is 6.92 Å². The first-order valence-electron chi connectivity index (χ1n) is 4.39. The lowest BCUT2D eigenvalue weighted by molar-refractivity contribution is -0.119. The van der Waals surface area contributed by atoms with E-state index in [0.29, 0.717) is 0 Å². The Balaban J connectivity index is -0.000000213. The third-order valence-electron chi connectivity index (χ3n) is 1.11. The number of carbonyl (C=O) groups excluding carboxylic acids is 3. The van der Waals surface area contributed by atoms with Crippen molar-refractivity contribution in [3.8, 4) is 0 Å². The van der Waals surface area contributed by atoms with Gasteiger partial charge in [-0.15, -0.1) is 0 Å². The molecule has 0 saturated carbocycles. The van der Waals surface area contributed by atoms with Crippen LogP contribution in [0.3, 0.4) is 0 Å². The largest absolute Gasteiger partial charge is 0.358 e. The van der Waals surface area contributed by atoms with Crippen LogP contribution >= 0.6 is 24.4 Å². The summed E-state index contributed by atoms with van der Waals surface area (Å²) in [5.74, 6) is 3.84. The Hall–Kier alpha value is -0.770. The minimum atomic E-state index is -0.116. The van der Waals surface area contributed by atoms with E-state index in [0.717, 1.165) is 11.8 Å². The van der Waals surface area contributed by atoms with Gasteiger partial charge in [-0.2, -0.15) is 12.6 Å². The normalized spacial score (nSPS) is 7.65. The molecule has 0 heterocycles. The molecule has 0 aromatic rings. The van der Waals surface area contributed by atoms with E-state index >= 15 is 0 Å². The minimum absolute atomic E-state index is 0.0291. The molecule has 5 N–H and O–H groups in total. The highest BCUT2D eigenvalue weighted by Gasteiger charge is 1.99. The van der Waals surface area contributed by atoms with E-state index in [4.69, 9.17) is 5.21 Å². The number of hydrogen-bond acceptors (Lipinski definition) is 7. The summed E-state index contributed by atoms with van der Waals surface area (Å²) in [7, 11) is 3.13. The molecule has 0 fully saturated rings. The van der Waals surface area contributed by atoms with Crippen LogP contribution in [0, 0.1) is 0 Å². The second kappa shape index (κ2) is 17.6. The second-order valence-corrected chi connectivity index (χ2v) is 3.75. The lowest BCUT2D eigenvalue weighted by Gasteiger charge is -1.93. The summed E-state index contributed by atoms with van der Waals surface area (Å²) in [5.41, 5.74) is 0. The zero-order valence-corrected chi connectivity index (χ0v) is 11.7. The third kappa shape index (κ3) is 25.5. The van der Waals surface area contributed by atoms with Crippen molar-refractivity contribution in [2.45, 2.75) is 6.92 Å². The zero-order chi connectivity index (χ0) is 14.3. The van der Waals surface area contributed by atoms with Gasteiger partial charge in [0.1, 0.15) is 0 Å². The topological polar surface area (TPSA) is 122 Å². The van der Waals surface area contributed by atoms with Gasteiger partial charge in [-0.1, -0.05) is 11.8 Å². The molecule has 9 heteroatoms. The van der Waals surface area contributed by atoms with Crippen LogP contribution in [0.15, 0.2) is 0 Å². The number of rotatable bonds is 3. The van der Waals surface area contributed by atoms with Gasteiger partial charge in [0, 0.05) is 21.0 Å². The SMILES string of the molecule is CNC(=O)CS.CNC(=O)CSC(C)=O.NO. The molecule has 102 valence electrons. The van der Waals surface area contributed by atoms with E-state index in [2.05, 4.69) is 29.2 Å². The summed E-state index contributed by atoms with van der Waals surface area (Å²) in [5, 5.41) is 11.3. The molecule has 0 atom stereocenters. The molecule has 0 aliphatic heterocycles. The average molecular weight is 285 g/mol. The van der Waals surface area contributed by atoms with Crippen molar-refractivity contribution in [1.82, 2.24) is 10.6 Å². The predicted octanol–water partition coefficient (Wildman–Crippen LogP) is -0.991. The molecule has 0 aromatic carbocycles. The molecular formula is C8H19N3O4S2. The molecule has 17 heavy (non-hydrogen) atoms. The van der Waals surface area contributed by atoms with Crippen molar-refractivity contribution in [1.29, 1.82) is 0 Å². The Morgan fingerprint density at radius 3 is 1.76 bits per heavy atom. The first-order valence-corrected chi connectivity index (χ1v) is 6.00. The maximum atomic E-state index is 10.4. The minimum Gasteiger partial charge on any atom is -0.358 e. The van der Waals surface area contributed by atoms with Crippen molar-refractivity contribution in [2.24, 2.45) is 5.90 Å². The van der Waals surface area contributed by atoms with Crippen LogP contribution in [0.25, 0.3) is 0 Å². The van der Waals surface area contributed by atoms with Crippen LogP contribution in [-0.2, 0) is 14.4 Å². The van der Waals surface area contributed by atoms with Gasteiger partial charge >= 0.3 is 0 Å². The van der Waals surface area contributed by atoms with E-state index in [1.54, 1.807) is 14.1 Å². The molecule has 0 spiro atoms. The summed E-state index contributed by atoms with van der Waals surface area (Å²) in [6.45, 7) is 1.44. The smallest absolute Gasteiger partial charge is 0.230 e. The van der Waals surface area contributed by atoms with Gasteiger partial charge in [0.15, 0.2) is 5.12 Å². The Bertz CT molecular complexity index is 221. The molecule has 0 saturated heterocycles. The van der Waals surface area contributed by atoms with Crippen LogP contribution < -0.4 is 16.5 Å². The number of thiol groups is 1. The highest BCUT2D eigenvalue weighted by molar-refractivity contribution is 8.14. The molecule has 0 unspecified atom stereocenters. The van der Waals surface area contributed by atoms with Gasteiger partial charge in [-0.3, -0.25) is 14.4 Å². The summed E-state index contributed by atoms with van der Waals surface area (Å²) in [4.78, 5) is 30.7. The molecular weight excluding hydrogens is 266 g/mol. The maximum Gasteiger partial charge on any atom is 0.230 e. The first-order chi connectivity index (χ1) is 7.97. The van der Waals surface area contributed by atoms with Crippen molar-refractivity contribution in [3.05, 3.63) is 0 Å². The van der Waals surface area contributed by atoms with Gasteiger partial charge in [0.05, 0.1) is 11.5 Å². The van der Waals surface area contributed by atoms with Gasteiger partial charge in [0.2, 0.25) is 11.8 Å². The van der Waals surface area contributed by atoms with Crippen LogP contribution in [0.5, 0.6) is 0 Å². The number of hydrogen-bond donors (Lipinski definition) is 5. The molecule has 0 radical (unpaired) electrons. The Kier molecular flexibility index (Phi) is 22.3. The van der Waals surface area contributed by atoms with Crippen LogP contribution in [0.4, 0.5) is 0 Å². The van der Waals surface area contributed by atoms with Gasteiger partial charge in [-0.25, -0.2) is 5.90 Å². The molecule has 0 bridgehead atoms. The number of carbonyl (C=O) groups is 3. The van der Waals surface area contributed by atoms with Gasteiger partial charge in [-0.05, 0) is 0 Å². The van der Waals surface area contributed by atoms with Crippen molar-refractivity contribution >= 4 is 41.3 Å². The van der Waals surface area contributed by atoms with Gasteiger partial charge in [0.25, 0.3) is 0 Å². The Labute approximate surface area is 110 Å². The van der Waals surface area contributed by atoms with Crippen LogP contribution in [-0.4, -0.2) is 47.7 Å². The quantitative estimate of drug-likeness (QED) is 0.335. The number of amides is 2. The number of thioether (sulfide) groups is 1. The molecule has 0 aliphatic carbocycles. The maximum absolute atomic E-state index is 10.4. The van der Waals surface area contributed by atoms with E-state index < -0.39 is 0 Å². The lowest BCUT2D eigenvalue weighted by Crippen LogP contribution is -2.20. The molecule has 2 amide bonds. The summed E-state index contributed by atoms with van der Waals surface area (Å²) in [6, 6.07) is 0. The zero-order valence-electron chi connectivity index (χ0n) is 10.0. The highest BCUT2D eigenvalue weighted by atomic mass is 32.2. The van der Waals surface area contributed by atoms with E-state index in [1.807, 2.05) is 0 Å². The summed E-state index contributed by atoms with van der Waals surface area (Å²) >= 11 is 4.70. The third-order valence-corrected chi connectivity index (χ3v) is 2.21. The standard InChI is InChI=1S/C5H9NO2S.C3H7NOS.H3NO/c1-4(7)9-3-5(8)6-2;1-4-3(5)2-6;1-2/h3H2,1-2H3,(H,6,8);6H,2H2,1H3,(H,4,5);2H,1H2. The fourth-order valence-electron chi connectivity index (χ4n) is 0.318. The Morgan fingerprint density at radius 2 is 1.59 bits per heavy atom. The average Bonchev–Trinajstić information content (AvgIpc) is 2.37. The van der Waals surface area contributed by atoms with E-state index in [1.165, 1.54) is 6.92 Å². The first kappa shape index (κ1) is 21.5. The fraction of sp³-hybridized carbons (Fsp3) is 0.625.